The van der Waals surface area contributed by atoms with Crippen LogP contribution in [0.2, 0.25) is 0 Å². The number of urea groups is 1. The Kier molecular flexibility index (Phi) is 5.33. The number of nitrogens with one attached hydrogen (secondary N) is 1. The molecule has 0 spiro atoms. The molecule has 1 aromatic rings. The van der Waals surface area contributed by atoms with Crippen molar-refractivity contribution in [1.29, 1.82) is 0 Å². The number of anilines is 1. The highest BCUT2D eigenvalue weighted by molar-refractivity contribution is 6.06. The number of nitrogens with zero attached hydrogens (tertiary/aromatic N) is 1. The van der Waals surface area contributed by atoms with Crippen LogP contribution in [0.25, 0.3) is 0 Å². The van der Waals surface area contributed by atoms with Gasteiger partial charge in [-0.05, 0) is 24.6 Å². The Morgan fingerprint density at radius 1 is 1.35 bits per heavy atom. The highest BCUT2D eigenvalue weighted by Crippen LogP contribution is 2.24. The Morgan fingerprint density at radius 3 is 2.55 bits per heavy atom. The van der Waals surface area contributed by atoms with Gasteiger partial charge in [0.15, 0.2) is 6.29 Å². The molecule has 1 aromatic carbocycles. The van der Waals surface area contributed by atoms with E-state index >= 15 is 0 Å². The van der Waals surface area contributed by atoms with E-state index in [9.17, 15) is 18.8 Å². The van der Waals surface area contributed by atoms with E-state index in [1.165, 1.54) is 17.0 Å². The van der Waals surface area contributed by atoms with Crippen LogP contribution in [0.4, 0.5) is 14.9 Å². The highest BCUT2D eigenvalue weighted by atomic mass is 19.1. The maximum atomic E-state index is 13.4. The number of hydrogen-bond donors (Lipinski definition) is 2. The summed E-state index contributed by atoms with van der Waals surface area (Å²) in [5, 5.41) is 9.17. The smallest absolute Gasteiger partial charge is 0.328 e. The molecule has 0 atom stereocenters. The van der Waals surface area contributed by atoms with Gasteiger partial charge in [0.2, 0.25) is 5.91 Å². The molecule has 0 bridgehead atoms. The minimum Gasteiger partial charge on any atom is -0.400 e. The minimum absolute atomic E-state index is 0.111. The monoisotopic (exact) mass is 282 g/mol. The van der Waals surface area contributed by atoms with Gasteiger partial charge in [0.1, 0.15) is 5.82 Å². The second kappa shape index (κ2) is 6.76. The lowest BCUT2D eigenvalue weighted by atomic mass is 10.1. The normalized spacial score (nSPS) is 14.3. The lowest BCUT2D eigenvalue weighted by Crippen LogP contribution is -2.49. The van der Waals surface area contributed by atoms with Gasteiger partial charge < -0.3 is 5.11 Å². The molecule has 0 aromatic heterocycles. The number of carbonyl (C=O) groups excluding carboxylic acids is 3. The fourth-order valence-electron chi connectivity index (χ4n) is 1.85. The summed E-state index contributed by atoms with van der Waals surface area (Å²) in [6.45, 7) is 1.85. The van der Waals surface area contributed by atoms with Crippen LogP contribution in [-0.2, 0) is 4.79 Å². The zero-order valence-electron chi connectivity index (χ0n) is 11.1. The second-order valence-corrected chi connectivity index (χ2v) is 4.03. The van der Waals surface area contributed by atoms with Crippen LogP contribution < -0.4 is 10.2 Å². The lowest BCUT2D eigenvalue weighted by molar-refractivity contribution is -0.120. The number of aryl methyl sites for hydroxylation is 1. The van der Waals surface area contributed by atoms with Crippen LogP contribution in [0.3, 0.4) is 0 Å². The fourth-order valence-corrected chi connectivity index (χ4v) is 1.85. The number of aldehydes is 1. The van der Waals surface area contributed by atoms with Gasteiger partial charge in [0.05, 0.1) is 5.56 Å². The number of aliphatic hydroxyl groups is 1. The quantitative estimate of drug-likeness (QED) is 0.792. The summed E-state index contributed by atoms with van der Waals surface area (Å²) in [5.41, 5.74) is 0.853. The summed E-state index contributed by atoms with van der Waals surface area (Å²) in [4.78, 5) is 34.7. The maximum Gasteiger partial charge on any atom is 0.328 e. The Morgan fingerprint density at radius 2 is 2.00 bits per heavy atom. The maximum absolute atomic E-state index is 13.4. The molecule has 6 nitrogen and oxygen atoms in total. The third kappa shape index (κ3) is 3.18. The topological polar surface area (TPSA) is 86.7 Å². The van der Waals surface area contributed by atoms with Crippen molar-refractivity contribution in [2.45, 2.75) is 13.3 Å². The van der Waals surface area contributed by atoms with E-state index in [1.54, 1.807) is 6.92 Å². The van der Waals surface area contributed by atoms with E-state index < -0.39 is 11.8 Å². The molecule has 20 heavy (non-hydrogen) atoms. The van der Waals surface area contributed by atoms with Crippen molar-refractivity contribution in [3.05, 3.63) is 29.1 Å². The Bertz CT molecular complexity index is 545. The summed E-state index contributed by atoms with van der Waals surface area (Å²) in [6.07, 6.45) is 0.574. The first-order chi connectivity index (χ1) is 9.52. The summed E-state index contributed by atoms with van der Waals surface area (Å²) >= 11 is 0. The molecule has 2 rings (SSSR count). The van der Waals surface area contributed by atoms with Gasteiger partial charge in [0.25, 0.3) is 0 Å². The minimum atomic E-state index is -0.625. The molecule has 1 saturated heterocycles. The predicted octanol–water partition coefficient (Wildman–Crippen LogP) is 1.00. The number of hydrogen-bond acceptors (Lipinski definition) is 4. The highest BCUT2D eigenvalue weighted by Gasteiger charge is 2.25. The third-order valence-electron chi connectivity index (χ3n) is 2.79. The number of halogens is 1. The molecule has 1 heterocycles. The predicted molar refractivity (Wildman–Crippen MR) is 70.2 cm³/mol. The van der Waals surface area contributed by atoms with E-state index in [2.05, 4.69) is 5.32 Å². The lowest BCUT2D eigenvalue weighted by Gasteiger charge is -2.28. The summed E-state index contributed by atoms with van der Waals surface area (Å²) in [5.74, 6) is -0.966. The van der Waals surface area contributed by atoms with Gasteiger partial charge in [0, 0.05) is 25.8 Å². The standard InChI is InChI=1S/C12H11FN2O3.CH4O/c1-7-4-9(13)8(6-16)5-10(7)15-3-2-11(17)14-12(15)18;1-2/h4-6H,2-3H2,1H3,(H,14,17,18);2H,1H3. The SMILES string of the molecule is CO.Cc1cc(F)c(C=O)cc1N1CCC(=O)NC1=O. The number of benzene rings is 1. The van der Waals surface area contributed by atoms with E-state index in [0.717, 1.165) is 7.11 Å². The van der Waals surface area contributed by atoms with Crippen molar-refractivity contribution >= 4 is 23.9 Å². The molecule has 7 heteroatoms. The molecular formula is C13H15FN2O4. The molecule has 2 N–H and O–H groups in total. The van der Waals surface area contributed by atoms with E-state index in [1.807, 2.05) is 0 Å². The van der Waals surface area contributed by atoms with Gasteiger partial charge in [-0.1, -0.05) is 0 Å². The van der Waals surface area contributed by atoms with Gasteiger partial charge in [-0.25, -0.2) is 9.18 Å². The first-order valence-corrected chi connectivity index (χ1v) is 5.84. The molecule has 1 fully saturated rings. The molecule has 0 aliphatic carbocycles. The number of aliphatic hydroxyl groups excluding tert-OH is 1. The average molecular weight is 282 g/mol. The van der Waals surface area contributed by atoms with Crippen molar-refractivity contribution in [2.75, 3.05) is 18.6 Å². The zero-order valence-corrected chi connectivity index (χ0v) is 11.1. The van der Waals surface area contributed by atoms with Crippen molar-refractivity contribution in [1.82, 2.24) is 5.32 Å². The number of amides is 3. The molecule has 0 unspecified atom stereocenters. The Labute approximate surface area is 115 Å². The average Bonchev–Trinajstić information content (AvgIpc) is 2.42. The third-order valence-corrected chi connectivity index (χ3v) is 2.79. The van der Waals surface area contributed by atoms with Crippen LogP contribution in [0.1, 0.15) is 22.3 Å². The van der Waals surface area contributed by atoms with E-state index in [0.29, 0.717) is 17.5 Å². The summed E-state index contributed by atoms with van der Waals surface area (Å²) in [6, 6.07) is 1.95. The van der Waals surface area contributed by atoms with E-state index in [4.69, 9.17) is 5.11 Å². The molecular weight excluding hydrogens is 267 g/mol. The van der Waals surface area contributed by atoms with Crippen molar-refractivity contribution < 1.29 is 23.9 Å². The molecule has 3 amide bonds. The Balaban J connectivity index is 0.000000956. The summed E-state index contributed by atoms with van der Waals surface area (Å²) in [7, 11) is 1.00. The number of imide groups is 1. The van der Waals surface area contributed by atoms with Gasteiger partial charge >= 0.3 is 6.03 Å². The molecule has 0 saturated carbocycles. The Hall–Kier alpha value is -2.28. The molecule has 108 valence electrons. The van der Waals surface area contributed by atoms with Crippen LogP contribution >= 0.6 is 0 Å². The number of rotatable bonds is 2. The van der Waals surface area contributed by atoms with E-state index in [-0.39, 0.29) is 24.4 Å². The molecule has 1 aliphatic heterocycles. The van der Waals surface area contributed by atoms with Gasteiger partial charge in [-0.15, -0.1) is 0 Å². The van der Waals surface area contributed by atoms with Gasteiger partial charge in [-0.2, -0.15) is 0 Å². The fraction of sp³-hybridized carbons (Fsp3) is 0.308. The zero-order chi connectivity index (χ0) is 15.3. The second-order valence-electron chi connectivity index (χ2n) is 4.03. The van der Waals surface area contributed by atoms with Crippen LogP contribution in [0, 0.1) is 12.7 Å². The largest absolute Gasteiger partial charge is 0.400 e. The van der Waals surface area contributed by atoms with Crippen molar-refractivity contribution in [3.8, 4) is 0 Å². The van der Waals surface area contributed by atoms with Crippen molar-refractivity contribution in [3.63, 3.8) is 0 Å². The molecule has 0 radical (unpaired) electrons. The summed E-state index contributed by atoms with van der Waals surface area (Å²) < 4.78 is 13.4. The first-order valence-electron chi connectivity index (χ1n) is 5.84. The van der Waals surface area contributed by atoms with Crippen molar-refractivity contribution in [2.24, 2.45) is 0 Å². The van der Waals surface area contributed by atoms with Crippen LogP contribution in [0.15, 0.2) is 12.1 Å². The first kappa shape index (κ1) is 15.8. The molecule has 1 aliphatic rings. The number of carbonyl (C=O) groups is 3. The van der Waals surface area contributed by atoms with Crippen LogP contribution in [0.5, 0.6) is 0 Å². The van der Waals surface area contributed by atoms with Crippen LogP contribution in [-0.4, -0.2) is 37.0 Å². The van der Waals surface area contributed by atoms with Gasteiger partial charge in [-0.3, -0.25) is 19.8 Å².